The second kappa shape index (κ2) is 10.4. The normalized spacial score (nSPS) is 10.9. The van der Waals surface area contributed by atoms with Gasteiger partial charge in [-0.1, -0.05) is 26.8 Å². The highest BCUT2D eigenvalue weighted by Crippen LogP contribution is 2.34. The van der Waals surface area contributed by atoms with Crippen LogP contribution in [0.1, 0.15) is 58.9 Å². The molecule has 0 bridgehead atoms. The molecule has 1 aromatic carbocycles. The van der Waals surface area contributed by atoms with Crippen LogP contribution in [-0.4, -0.2) is 36.8 Å². The molecule has 3 N–H and O–H groups in total. The average Bonchev–Trinajstić information content (AvgIpc) is 2.99. The third-order valence-corrected chi connectivity index (χ3v) is 5.70. The lowest BCUT2D eigenvalue weighted by atomic mass is 9.96. The van der Waals surface area contributed by atoms with Crippen LogP contribution >= 0.6 is 11.3 Å². The molecule has 2 rings (SSSR count). The molecular weight excluding hydrogens is 430 g/mol. The van der Waals surface area contributed by atoms with Crippen LogP contribution in [0.25, 0.3) is 0 Å². The second-order valence-electron chi connectivity index (χ2n) is 8.26. The topological polar surface area (TPSA) is 114 Å². The number of hydrogen-bond donors (Lipinski definition) is 3. The zero-order chi connectivity index (χ0) is 24.1. The van der Waals surface area contributed by atoms with Crippen molar-refractivity contribution in [2.24, 2.45) is 5.41 Å². The van der Waals surface area contributed by atoms with E-state index in [0.29, 0.717) is 28.4 Å². The van der Waals surface area contributed by atoms with Crippen LogP contribution in [0.4, 0.5) is 10.7 Å². The summed E-state index contributed by atoms with van der Waals surface area (Å²) in [6.45, 7) is 10.7. The number of nitrogens with one attached hydrogen (secondary N) is 3. The maximum absolute atomic E-state index is 12.7. The van der Waals surface area contributed by atoms with Gasteiger partial charge in [0.05, 0.1) is 5.56 Å². The number of aryl methyl sites for hydroxylation is 1. The third kappa shape index (κ3) is 6.40. The van der Waals surface area contributed by atoms with Crippen molar-refractivity contribution in [1.82, 2.24) is 5.32 Å². The first-order chi connectivity index (χ1) is 14.9. The van der Waals surface area contributed by atoms with Crippen LogP contribution in [0.15, 0.2) is 24.3 Å². The van der Waals surface area contributed by atoms with E-state index in [0.717, 1.165) is 4.88 Å². The highest BCUT2D eigenvalue weighted by atomic mass is 32.1. The van der Waals surface area contributed by atoms with Gasteiger partial charge in [-0.05, 0) is 44.5 Å². The van der Waals surface area contributed by atoms with Crippen molar-refractivity contribution in [3.8, 4) is 0 Å². The van der Waals surface area contributed by atoms with Gasteiger partial charge in [0.2, 0.25) is 5.91 Å². The molecule has 0 atom stereocenters. The van der Waals surface area contributed by atoms with Crippen molar-refractivity contribution in [3.05, 3.63) is 45.8 Å². The van der Waals surface area contributed by atoms with Crippen molar-refractivity contribution in [2.75, 3.05) is 23.8 Å². The zero-order valence-electron chi connectivity index (χ0n) is 19.2. The number of ether oxygens (including phenoxy) is 1. The Hall–Kier alpha value is -3.20. The fourth-order valence-electron chi connectivity index (χ4n) is 2.65. The molecule has 0 aliphatic heterocycles. The first-order valence-corrected chi connectivity index (χ1v) is 11.0. The first-order valence-electron chi connectivity index (χ1n) is 10.2. The molecule has 0 spiro atoms. The lowest BCUT2D eigenvalue weighted by molar-refractivity contribution is -0.123. The van der Waals surface area contributed by atoms with Crippen LogP contribution in [0, 0.1) is 19.3 Å². The summed E-state index contributed by atoms with van der Waals surface area (Å²) in [6.07, 6.45) is 0. The summed E-state index contributed by atoms with van der Waals surface area (Å²) in [5.41, 5.74) is 1.13. The molecule has 3 amide bonds. The first kappa shape index (κ1) is 25.1. The standard InChI is InChI=1S/C23H29N3O5S/c1-7-24-19(28)15-9-8-10-16(11-15)25-17(27)12-31-21(29)18-13(2)14(3)32-20(18)26-22(30)23(4,5)6/h8-11H,7,12H2,1-6H3,(H,24,28)(H,25,27)(H,26,30). The van der Waals surface area contributed by atoms with E-state index in [9.17, 15) is 19.2 Å². The van der Waals surface area contributed by atoms with Gasteiger partial charge in [0.25, 0.3) is 11.8 Å². The van der Waals surface area contributed by atoms with Gasteiger partial charge in [-0.2, -0.15) is 0 Å². The maximum atomic E-state index is 12.7. The largest absolute Gasteiger partial charge is 0.452 e. The number of anilines is 2. The molecule has 2 aromatic rings. The van der Waals surface area contributed by atoms with E-state index in [-0.39, 0.29) is 17.4 Å². The molecule has 0 unspecified atom stereocenters. The maximum Gasteiger partial charge on any atom is 0.341 e. The Bertz CT molecular complexity index is 1040. The second-order valence-corrected chi connectivity index (χ2v) is 9.48. The van der Waals surface area contributed by atoms with Gasteiger partial charge < -0.3 is 20.7 Å². The molecule has 0 saturated heterocycles. The minimum Gasteiger partial charge on any atom is -0.452 e. The van der Waals surface area contributed by atoms with Gasteiger partial charge in [0.1, 0.15) is 5.00 Å². The Morgan fingerprint density at radius 2 is 1.75 bits per heavy atom. The average molecular weight is 460 g/mol. The van der Waals surface area contributed by atoms with Crippen LogP contribution in [0.5, 0.6) is 0 Å². The van der Waals surface area contributed by atoms with Gasteiger partial charge >= 0.3 is 5.97 Å². The molecule has 0 radical (unpaired) electrons. The fourth-order valence-corrected chi connectivity index (χ4v) is 3.70. The predicted molar refractivity (Wildman–Crippen MR) is 125 cm³/mol. The Balaban J connectivity index is 2.05. The molecule has 172 valence electrons. The quantitative estimate of drug-likeness (QED) is 0.544. The van der Waals surface area contributed by atoms with Crippen molar-refractivity contribution in [3.63, 3.8) is 0 Å². The number of thiophene rings is 1. The number of hydrogen-bond acceptors (Lipinski definition) is 6. The van der Waals surface area contributed by atoms with E-state index in [2.05, 4.69) is 16.0 Å². The number of benzene rings is 1. The Morgan fingerprint density at radius 3 is 2.38 bits per heavy atom. The number of amides is 3. The zero-order valence-corrected chi connectivity index (χ0v) is 20.0. The van der Waals surface area contributed by atoms with Gasteiger partial charge in [-0.25, -0.2) is 4.79 Å². The van der Waals surface area contributed by atoms with E-state index in [1.807, 2.05) is 13.8 Å². The van der Waals surface area contributed by atoms with Gasteiger partial charge in [0.15, 0.2) is 6.61 Å². The predicted octanol–water partition coefficient (Wildman–Crippen LogP) is 3.89. The molecule has 0 fully saturated rings. The summed E-state index contributed by atoms with van der Waals surface area (Å²) in [4.78, 5) is 50.2. The lowest BCUT2D eigenvalue weighted by Crippen LogP contribution is -2.28. The van der Waals surface area contributed by atoms with Gasteiger partial charge in [-0.15, -0.1) is 11.3 Å². The molecular formula is C23H29N3O5S. The molecule has 0 aliphatic rings. The smallest absolute Gasteiger partial charge is 0.341 e. The summed E-state index contributed by atoms with van der Waals surface area (Å²) in [6, 6.07) is 6.45. The molecule has 32 heavy (non-hydrogen) atoms. The van der Waals surface area contributed by atoms with Crippen LogP contribution in [-0.2, 0) is 14.3 Å². The highest BCUT2D eigenvalue weighted by Gasteiger charge is 2.27. The molecule has 0 aliphatic carbocycles. The van der Waals surface area contributed by atoms with Crippen LogP contribution in [0.3, 0.4) is 0 Å². The summed E-state index contributed by atoms with van der Waals surface area (Å²) in [7, 11) is 0. The number of rotatable bonds is 7. The molecule has 0 saturated carbocycles. The molecule has 8 nitrogen and oxygen atoms in total. The summed E-state index contributed by atoms with van der Waals surface area (Å²) >= 11 is 1.29. The Morgan fingerprint density at radius 1 is 1.06 bits per heavy atom. The monoisotopic (exact) mass is 459 g/mol. The lowest BCUT2D eigenvalue weighted by Gasteiger charge is -2.17. The van der Waals surface area contributed by atoms with Crippen molar-refractivity contribution < 1.29 is 23.9 Å². The van der Waals surface area contributed by atoms with Crippen molar-refractivity contribution in [1.29, 1.82) is 0 Å². The third-order valence-electron chi connectivity index (χ3n) is 4.58. The van der Waals surface area contributed by atoms with Gasteiger partial charge in [0, 0.05) is 28.1 Å². The number of carbonyl (C=O) groups excluding carboxylic acids is 4. The van der Waals surface area contributed by atoms with E-state index in [1.54, 1.807) is 45.9 Å². The SMILES string of the molecule is CCNC(=O)c1cccc(NC(=O)COC(=O)c2c(NC(=O)C(C)(C)C)sc(C)c2C)c1. The molecule has 9 heteroatoms. The van der Waals surface area contributed by atoms with Crippen LogP contribution in [0.2, 0.25) is 0 Å². The van der Waals surface area contributed by atoms with Crippen molar-refractivity contribution >= 4 is 45.7 Å². The summed E-state index contributed by atoms with van der Waals surface area (Å²) in [5, 5.41) is 8.49. The minimum absolute atomic E-state index is 0.225. The van der Waals surface area contributed by atoms with E-state index >= 15 is 0 Å². The van der Waals surface area contributed by atoms with E-state index < -0.39 is 23.9 Å². The Labute approximate surface area is 191 Å². The molecule has 1 aromatic heterocycles. The summed E-state index contributed by atoms with van der Waals surface area (Å²) in [5.74, 6) is -1.71. The fraction of sp³-hybridized carbons (Fsp3) is 0.391. The van der Waals surface area contributed by atoms with Crippen LogP contribution < -0.4 is 16.0 Å². The minimum atomic E-state index is -0.692. The van der Waals surface area contributed by atoms with E-state index in [1.165, 1.54) is 17.4 Å². The summed E-state index contributed by atoms with van der Waals surface area (Å²) < 4.78 is 5.21. The van der Waals surface area contributed by atoms with Crippen molar-refractivity contribution in [2.45, 2.75) is 41.5 Å². The van der Waals surface area contributed by atoms with E-state index in [4.69, 9.17) is 4.74 Å². The number of carbonyl (C=O) groups is 4. The Kier molecular flexibility index (Phi) is 8.15. The highest BCUT2D eigenvalue weighted by molar-refractivity contribution is 7.16. The molecule has 1 heterocycles. The van der Waals surface area contributed by atoms with Gasteiger partial charge in [-0.3, -0.25) is 14.4 Å². The number of esters is 1.